The Morgan fingerprint density at radius 1 is 1.00 bits per heavy atom. The Morgan fingerprint density at radius 3 is 2.24 bits per heavy atom. The maximum absolute atomic E-state index is 13.6. The summed E-state index contributed by atoms with van der Waals surface area (Å²) < 4.78 is 53.6. The molecule has 2 nitrogen and oxygen atoms in total. The molecule has 0 atom stereocenters. The summed E-state index contributed by atoms with van der Waals surface area (Å²) in [6.45, 7) is 0. The predicted octanol–water partition coefficient (Wildman–Crippen LogP) is 4.46. The summed E-state index contributed by atoms with van der Waals surface area (Å²) in [5.74, 6) is -4.97. The predicted molar refractivity (Wildman–Crippen MR) is 75.6 cm³/mol. The van der Waals surface area contributed by atoms with Gasteiger partial charge in [-0.25, -0.2) is 17.6 Å². The van der Waals surface area contributed by atoms with Crippen LogP contribution >= 0.6 is 11.8 Å². The van der Waals surface area contributed by atoms with Crippen LogP contribution < -0.4 is 5.32 Å². The number of nitrogens with zero attached hydrogens (tertiary/aromatic N) is 1. The van der Waals surface area contributed by atoms with E-state index in [2.05, 4.69) is 10.3 Å². The van der Waals surface area contributed by atoms with E-state index in [1.54, 1.807) is 0 Å². The van der Waals surface area contributed by atoms with Crippen LogP contribution in [0.15, 0.2) is 11.1 Å². The van der Waals surface area contributed by atoms with Crippen molar-refractivity contribution in [3.05, 3.63) is 29.3 Å². The Balaban J connectivity index is 1.86. The van der Waals surface area contributed by atoms with Crippen molar-refractivity contribution in [1.29, 1.82) is 0 Å². The highest BCUT2D eigenvalue weighted by molar-refractivity contribution is 8.14. The lowest BCUT2D eigenvalue weighted by Crippen LogP contribution is -2.29. The molecule has 0 amide bonds. The van der Waals surface area contributed by atoms with E-state index in [0.29, 0.717) is 5.17 Å². The number of halogens is 4. The molecule has 1 spiro atoms. The summed E-state index contributed by atoms with van der Waals surface area (Å²) in [5.41, 5.74) is -1.00. The van der Waals surface area contributed by atoms with Gasteiger partial charge in [-0.3, -0.25) is 4.99 Å². The van der Waals surface area contributed by atoms with Crippen molar-refractivity contribution < 1.29 is 17.6 Å². The Morgan fingerprint density at radius 2 is 1.62 bits per heavy atom. The van der Waals surface area contributed by atoms with Gasteiger partial charge in [0.05, 0.1) is 5.54 Å². The third-order valence-corrected chi connectivity index (χ3v) is 5.09. The van der Waals surface area contributed by atoms with Gasteiger partial charge in [0.2, 0.25) is 0 Å². The lowest BCUT2D eigenvalue weighted by atomic mass is 9.84. The molecule has 1 N–H and O–H groups in total. The highest BCUT2D eigenvalue weighted by Crippen LogP contribution is 2.40. The molecule has 3 rings (SSSR count). The van der Waals surface area contributed by atoms with E-state index < -0.39 is 29.0 Å². The summed E-state index contributed by atoms with van der Waals surface area (Å²) in [5, 5.41) is 2.73. The third-order valence-electron chi connectivity index (χ3n) is 3.94. The molecule has 0 unspecified atom stereocenters. The smallest absolute Gasteiger partial charge is 0.185 e. The second kappa shape index (κ2) is 5.51. The lowest BCUT2D eigenvalue weighted by Gasteiger charge is -2.29. The van der Waals surface area contributed by atoms with E-state index in [4.69, 9.17) is 0 Å². The van der Waals surface area contributed by atoms with Crippen molar-refractivity contribution in [2.24, 2.45) is 4.99 Å². The van der Waals surface area contributed by atoms with Gasteiger partial charge >= 0.3 is 0 Å². The van der Waals surface area contributed by atoms with Crippen molar-refractivity contribution in [1.82, 2.24) is 0 Å². The van der Waals surface area contributed by atoms with Crippen molar-refractivity contribution in [3.8, 4) is 0 Å². The first-order valence-electron chi connectivity index (χ1n) is 6.83. The molecule has 114 valence electrons. The van der Waals surface area contributed by atoms with Crippen LogP contribution in [0.1, 0.15) is 32.1 Å². The molecule has 21 heavy (non-hydrogen) atoms. The SMILES string of the molecule is Fc1cc(F)c(F)c(NC2=NC3(CCCCC3)CS2)c1F. The first-order valence-corrected chi connectivity index (χ1v) is 7.82. The van der Waals surface area contributed by atoms with Gasteiger partial charge in [0, 0.05) is 11.8 Å². The van der Waals surface area contributed by atoms with Crippen molar-refractivity contribution in [2.75, 3.05) is 11.1 Å². The molecule has 0 saturated heterocycles. The van der Waals surface area contributed by atoms with E-state index in [1.807, 2.05) is 0 Å². The maximum atomic E-state index is 13.6. The Hall–Kier alpha value is -1.24. The summed E-state index contributed by atoms with van der Waals surface area (Å²) in [6.07, 6.45) is 5.20. The number of rotatable bonds is 1. The Bertz CT molecular complexity index is 571. The molecule has 2 aliphatic rings. The Labute approximate surface area is 124 Å². The van der Waals surface area contributed by atoms with E-state index in [-0.39, 0.29) is 11.6 Å². The van der Waals surface area contributed by atoms with Gasteiger partial charge in [-0.05, 0) is 12.8 Å². The summed E-state index contributed by atoms with van der Waals surface area (Å²) >= 11 is 1.33. The zero-order chi connectivity index (χ0) is 15.0. The second-order valence-electron chi connectivity index (χ2n) is 5.46. The highest BCUT2D eigenvalue weighted by Gasteiger charge is 2.37. The molecule has 0 radical (unpaired) electrons. The molecule has 1 aromatic carbocycles. The van der Waals surface area contributed by atoms with Gasteiger partial charge in [0.25, 0.3) is 0 Å². The zero-order valence-electron chi connectivity index (χ0n) is 11.2. The summed E-state index contributed by atoms with van der Waals surface area (Å²) in [6, 6.07) is 0.197. The van der Waals surface area contributed by atoms with Gasteiger partial charge in [-0.2, -0.15) is 0 Å². The normalized spacial score (nSPS) is 20.7. The number of thioether (sulfide) groups is 1. The summed E-state index contributed by atoms with van der Waals surface area (Å²) in [4.78, 5) is 4.51. The van der Waals surface area contributed by atoms with Crippen LogP contribution in [0, 0.1) is 23.3 Å². The van der Waals surface area contributed by atoms with Crippen LogP contribution in [0.2, 0.25) is 0 Å². The molecular weight excluding hydrogens is 304 g/mol. The average molecular weight is 318 g/mol. The molecule has 1 aromatic rings. The van der Waals surface area contributed by atoms with Gasteiger partial charge in [0.1, 0.15) is 5.69 Å². The monoisotopic (exact) mass is 318 g/mol. The van der Waals surface area contributed by atoms with Crippen LogP contribution in [0.4, 0.5) is 23.2 Å². The van der Waals surface area contributed by atoms with Gasteiger partial charge in [-0.1, -0.05) is 31.0 Å². The molecule has 7 heteroatoms. The van der Waals surface area contributed by atoms with E-state index in [1.165, 1.54) is 18.2 Å². The number of aliphatic imine (C=N–C) groups is 1. The van der Waals surface area contributed by atoms with Crippen LogP contribution in [0.5, 0.6) is 0 Å². The zero-order valence-corrected chi connectivity index (χ0v) is 12.0. The standard InChI is InChI=1S/C14H14F4N2S/c15-8-6-9(16)11(18)12(10(8)17)19-13-20-14(7-21-13)4-2-1-3-5-14/h6H,1-5,7H2,(H,19,20). The number of benzene rings is 1. The first kappa shape index (κ1) is 14.7. The molecule has 1 aliphatic heterocycles. The Kier molecular flexibility index (Phi) is 3.86. The molecule has 0 bridgehead atoms. The molecule has 1 fully saturated rings. The van der Waals surface area contributed by atoms with Crippen molar-refractivity contribution in [3.63, 3.8) is 0 Å². The quantitative estimate of drug-likeness (QED) is 0.611. The maximum Gasteiger partial charge on any atom is 0.185 e. The average Bonchev–Trinajstić information content (AvgIpc) is 2.85. The number of amidine groups is 1. The van der Waals surface area contributed by atoms with Gasteiger partial charge in [-0.15, -0.1) is 0 Å². The third kappa shape index (κ3) is 2.75. The lowest BCUT2D eigenvalue weighted by molar-refractivity contribution is 0.335. The minimum Gasteiger partial charge on any atom is -0.330 e. The van der Waals surface area contributed by atoms with Crippen LogP contribution in [0.3, 0.4) is 0 Å². The van der Waals surface area contributed by atoms with Crippen molar-refractivity contribution >= 4 is 22.6 Å². The van der Waals surface area contributed by atoms with E-state index >= 15 is 0 Å². The minimum atomic E-state index is -1.43. The highest BCUT2D eigenvalue weighted by atomic mass is 32.2. The molecular formula is C14H14F4N2S. The topological polar surface area (TPSA) is 24.4 Å². The number of hydrogen-bond acceptors (Lipinski definition) is 3. The number of nitrogens with one attached hydrogen (secondary N) is 1. The fourth-order valence-electron chi connectivity index (χ4n) is 2.80. The summed E-state index contributed by atoms with van der Waals surface area (Å²) in [7, 11) is 0. The van der Waals surface area contributed by atoms with Gasteiger partial charge < -0.3 is 5.32 Å². The van der Waals surface area contributed by atoms with E-state index in [0.717, 1.165) is 31.4 Å². The largest absolute Gasteiger partial charge is 0.330 e. The molecule has 1 aliphatic carbocycles. The fourth-order valence-corrected chi connectivity index (χ4v) is 3.99. The van der Waals surface area contributed by atoms with Crippen LogP contribution in [-0.2, 0) is 0 Å². The molecule has 1 heterocycles. The van der Waals surface area contributed by atoms with Gasteiger partial charge in [0.15, 0.2) is 28.4 Å². The second-order valence-corrected chi connectivity index (χ2v) is 6.42. The number of hydrogen-bond donors (Lipinski definition) is 1. The van der Waals surface area contributed by atoms with E-state index in [9.17, 15) is 17.6 Å². The van der Waals surface area contributed by atoms with Crippen LogP contribution in [-0.4, -0.2) is 16.5 Å². The fraction of sp³-hybridized carbons (Fsp3) is 0.500. The van der Waals surface area contributed by atoms with Crippen LogP contribution in [0.25, 0.3) is 0 Å². The number of anilines is 1. The minimum absolute atomic E-state index is 0.190. The molecule has 0 aromatic heterocycles. The van der Waals surface area contributed by atoms with Crippen molar-refractivity contribution in [2.45, 2.75) is 37.6 Å². The first-order chi connectivity index (χ1) is 10.0. The molecule has 1 saturated carbocycles.